The lowest BCUT2D eigenvalue weighted by atomic mass is 9.97. The van der Waals surface area contributed by atoms with Gasteiger partial charge in [-0.15, -0.1) is 0 Å². The Bertz CT molecular complexity index is 1040. The first-order chi connectivity index (χ1) is 13.2. The Morgan fingerprint density at radius 2 is 1.89 bits per heavy atom. The highest BCUT2D eigenvalue weighted by atomic mass is 35.5. The van der Waals surface area contributed by atoms with Crippen LogP contribution in [0.15, 0.2) is 54.6 Å². The van der Waals surface area contributed by atoms with Crippen molar-refractivity contribution in [1.29, 1.82) is 0 Å². The molecule has 0 aliphatic carbocycles. The molecule has 2 heterocycles. The summed E-state index contributed by atoms with van der Waals surface area (Å²) in [4.78, 5) is 14.2. The Labute approximate surface area is 162 Å². The summed E-state index contributed by atoms with van der Waals surface area (Å²) in [7, 11) is 0. The van der Waals surface area contributed by atoms with Gasteiger partial charge in [0, 0.05) is 31.1 Å². The van der Waals surface area contributed by atoms with Crippen molar-refractivity contribution in [3.8, 4) is 16.9 Å². The first-order valence-corrected chi connectivity index (χ1v) is 9.54. The highest BCUT2D eigenvalue weighted by Gasteiger charge is 2.31. The van der Waals surface area contributed by atoms with Gasteiger partial charge in [-0.3, -0.25) is 4.79 Å². The zero-order valence-electron chi connectivity index (χ0n) is 14.7. The van der Waals surface area contributed by atoms with Crippen LogP contribution in [0.2, 0.25) is 5.02 Å². The predicted molar refractivity (Wildman–Crippen MR) is 109 cm³/mol. The molecule has 0 unspecified atom stereocenters. The second-order valence-electron chi connectivity index (χ2n) is 7.14. The van der Waals surface area contributed by atoms with E-state index in [2.05, 4.69) is 29.6 Å². The van der Waals surface area contributed by atoms with Crippen molar-refractivity contribution in [2.45, 2.75) is 0 Å². The fourth-order valence-corrected chi connectivity index (χ4v) is 4.08. The van der Waals surface area contributed by atoms with Crippen LogP contribution in [-0.4, -0.2) is 32.1 Å². The van der Waals surface area contributed by atoms with E-state index in [-0.39, 0.29) is 12.5 Å². The number of nitrogens with zero attached hydrogens (tertiary/aromatic N) is 1. The topological polar surface area (TPSA) is 41.6 Å². The van der Waals surface area contributed by atoms with Gasteiger partial charge in [0.25, 0.3) is 5.91 Å². The van der Waals surface area contributed by atoms with Crippen LogP contribution in [0.5, 0.6) is 5.75 Å². The van der Waals surface area contributed by atoms with E-state index in [4.69, 9.17) is 16.3 Å². The van der Waals surface area contributed by atoms with Crippen molar-refractivity contribution in [2.75, 3.05) is 31.1 Å². The van der Waals surface area contributed by atoms with Crippen molar-refractivity contribution in [1.82, 2.24) is 5.32 Å². The minimum absolute atomic E-state index is 0.0108. The Balaban J connectivity index is 1.61. The maximum Gasteiger partial charge on any atom is 0.265 e. The molecular formula is C22H19ClN2O2. The fourth-order valence-electron chi connectivity index (χ4n) is 3.82. The van der Waals surface area contributed by atoms with Crippen molar-refractivity contribution in [3.05, 3.63) is 59.6 Å². The number of benzene rings is 3. The SMILES string of the molecule is O=C1COc2cc(-c3cccc4ccccc34)c(Cl)cc2N1CC1CNC1. The number of amides is 1. The number of fused-ring (bicyclic) bond motifs is 2. The predicted octanol–water partition coefficient (Wildman–Crippen LogP) is 4.11. The van der Waals surface area contributed by atoms with Gasteiger partial charge in [-0.2, -0.15) is 0 Å². The van der Waals surface area contributed by atoms with Crippen molar-refractivity contribution in [3.63, 3.8) is 0 Å². The van der Waals surface area contributed by atoms with Gasteiger partial charge < -0.3 is 15.0 Å². The second-order valence-corrected chi connectivity index (χ2v) is 7.55. The van der Waals surface area contributed by atoms with Gasteiger partial charge >= 0.3 is 0 Å². The third kappa shape index (κ3) is 2.85. The standard InChI is InChI=1S/C22H19ClN2O2/c23-19-9-20-21(27-13-22(26)25(20)12-14-10-24-11-14)8-18(19)17-7-3-5-15-4-1-2-6-16(15)17/h1-9,14,24H,10-13H2. The molecule has 1 fully saturated rings. The Morgan fingerprint density at radius 3 is 2.70 bits per heavy atom. The molecule has 3 aromatic rings. The number of hydrogen-bond donors (Lipinski definition) is 1. The van der Waals surface area contributed by atoms with E-state index in [9.17, 15) is 4.79 Å². The molecule has 5 heteroatoms. The summed E-state index contributed by atoms with van der Waals surface area (Å²) in [5.74, 6) is 1.19. The normalized spacial score (nSPS) is 16.8. The number of carbonyl (C=O) groups excluding carboxylic acids is 1. The number of nitrogens with one attached hydrogen (secondary N) is 1. The molecule has 2 aliphatic heterocycles. The average molecular weight is 379 g/mol. The Hall–Kier alpha value is -2.56. The van der Waals surface area contributed by atoms with Crippen molar-refractivity contribution < 1.29 is 9.53 Å². The third-order valence-corrected chi connectivity index (χ3v) is 5.69. The van der Waals surface area contributed by atoms with E-state index in [0.717, 1.165) is 35.3 Å². The van der Waals surface area contributed by atoms with Crippen LogP contribution in [-0.2, 0) is 4.79 Å². The summed E-state index contributed by atoms with van der Waals surface area (Å²) in [5, 5.41) is 6.19. The molecule has 1 amide bonds. The smallest absolute Gasteiger partial charge is 0.265 e. The summed E-state index contributed by atoms with van der Waals surface area (Å²) in [5.41, 5.74) is 2.76. The lowest BCUT2D eigenvalue weighted by molar-refractivity contribution is -0.121. The van der Waals surface area contributed by atoms with Gasteiger partial charge in [-0.25, -0.2) is 0 Å². The molecule has 0 radical (unpaired) electrons. The number of anilines is 1. The molecule has 4 nitrogen and oxygen atoms in total. The number of hydrogen-bond acceptors (Lipinski definition) is 3. The lowest BCUT2D eigenvalue weighted by Gasteiger charge is -2.36. The van der Waals surface area contributed by atoms with Crippen LogP contribution in [0, 0.1) is 5.92 Å². The zero-order valence-corrected chi connectivity index (χ0v) is 15.5. The van der Waals surface area contributed by atoms with Crippen molar-refractivity contribution in [2.24, 2.45) is 5.92 Å². The summed E-state index contributed by atoms with van der Waals surface area (Å²) in [6.07, 6.45) is 0. The molecule has 5 rings (SSSR count). The monoisotopic (exact) mass is 378 g/mol. The van der Waals surface area contributed by atoms with Gasteiger partial charge in [0.05, 0.1) is 10.7 Å². The largest absolute Gasteiger partial charge is 0.482 e. The Kier molecular flexibility index (Phi) is 4.03. The summed E-state index contributed by atoms with van der Waals surface area (Å²) >= 11 is 6.69. The number of halogens is 1. The number of carbonyl (C=O) groups is 1. The maximum absolute atomic E-state index is 12.4. The van der Waals surface area contributed by atoms with E-state index in [1.807, 2.05) is 35.2 Å². The molecule has 136 valence electrons. The number of ether oxygens (including phenoxy) is 1. The van der Waals surface area contributed by atoms with E-state index in [0.29, 0.717) is 23.2 Å². The lowest BCUT2D eigenvalue weighted by Crippen LogP contribution is -2.51. The van der Waals surface area contributed by atoms with E-state index in [1.165, 1.54) is 5.39 Å². The summed E-state index contributed by atoms with van der Waals surface area (Å²) in [6.45, 7) is 2.67. The van der Waals surface area contributed by atoms with Gasteiger partial charge in [-0.05, 0) is 28.5 Å². The van der Waals surface area contributed by atoms with Gasteiger partial charge in [0.2, 0.25) is 0 Å². The molecule has 0 bridgehead atoms. The molecule has 0 atom stereocenters. The maximum atomic E-state index is 12.4. The van der Waals surface area contributed by atoms with Crippen molar-refractivity contribution >= 4 is 34.0 Å². The quantitative estimate of drug-likeness (QED) is 0.745. The molecule has 1 saturated heterocycles. The molecule has 1 N–H and O–H groups in total. The first kappa shape index (κ1) is 16.6. The second kappa shape index (κ2) is 6.55. The summed E-state index contributed by atoms with van der Waals surface area (Å²) in [6, 6.07) is 18.3. The molecule has 2 aliphatic rings. The van der Waals surface area contributed by atoms with E-state index >= 15 is 0 Å². The first-order valence-electron chi connectivity index (χ1n) is 9.16. The van der Waals surface area contributed by atoms with Crippen LogP contribution in [0.1, 0.15) is 0 Å². The zero-order chi connectivity index (χ0) is 18.4. The molecule has 27 heavy (non-hydrogen) atoms. The molecular weight excluding hydrogens is 360 g/mol. The highest BCUT2D eigenvalue weighted by molar-refractivity contribution is 6.34. The molecule has 3 aromatic carbocycles. The average Bonchev–Trinajstić information content (AvgIpc) is 2.65. The fraction of sp³-hybridized carbons (Fsp3) is 0.227. The third-order valence-electron chi connectivity index (χ3n) is 5.38. The van der Waals surface area contributed by atoms with Crippen LogP contribution < -0.4 is 15.0 Å². The minimum Gasteiger partial charge on any atom is -0.482 e. The summed E-state index contributed by atoms with van der Waals surface area (Å²) < 4.78 is 5.76. The van der Waals surface area contributed by atoms with Crippen LogP contribution in [0.25, 0.3) is 21.9 Å². The molecule has 0 aromatic heterocycles. The van der Waals surface area contributed by atoms with Gasteiger partial charge in [-0.1, -0.05) is 54.1 Å². The number of rotatable bonds is 3. The van der Waals surface area contributed by atoms with E-state index in [1.54, 1.807) is 0 Å². The van der Waals surface area contributed by atoms with Crippen LogP contribution in [0.3, 0.4) is 0 Å². The van der Waals surface area contributed by atoms with E-state index < -0.39 is 0 Å². The Morgan fingerprint density at radius 1 is 1.07 bits per heavy atom. The van der Waals surface area contributed by atoms with Gasteiger partial charge in [0.1, 0.15) is 5.75 Å². The molecule has 0 saturated carbocycles. The van der Waals surface area contributed by atoms with Gasteiger partial charge in [0.15, 0.2) is 6.61 Å². The highest BCUT2D eigenvalue weighted by Crippen LogP contribution is 2.42. The van der Waals surface area contributed by atoms with Crippen LogP contribution in [0.4, 0.5) is 5.69 Å². The molecule has 0 spiro atoms. The minimum atomic E-state index is -0.0108. The van der Waals surface area contributed by atoms with Crippen LogP contribution >= 0.6 is 11.6 Å².